The number of nitrogens with zero attached hydrogens (tertiary/aromatic N) is 7. The van der Waals surface area contributed by atoms with Gasteiger partial charge in [0, 0.05) is 28.2 Å². The van der Waals surface area contributed by atoms with Crippen LogP contribution in [0.1, 0.15) is 17.0 Å². The maximum Gasteiger partial charge on any atom is 0.333 e. The molecule has 1 saturated heterocycles. The molecule has 3 aromatic rings. The first kappa shape index (κ1) is 21.9. The Balaban J connectivity index is 1.92. The summed E-state index contributed by atoms with van der Waals surface area (Å²) >= 11 is 0. The van der Waals surface area contributed by atoms with Gasteiger partial charge in [0.25, 0.3) is 17.4 Å². The molecule has 2 aromatic heterocycles. The molecule has 1 aromatic carbocycles. The Bertz CT molecular complexity index is 1690. The average molecular weight is 475 g/mol. The molecule has 5 rings (SSSR count). The Labute approximate surface area is 195 Å². The number of imide groups is 2. The maximum atomic E-state index is 13.0. The summed E-state index contributed by atoms with van der Waals surface area (Å²) in [5.41, 5.74) is -1.91. The molecule has 0 atom stereocenters. The SMILES string of the molecule is CN1C(=O)C(=C2N=C(c3c(O)n(C)c(=O)n(C)c3=O)c3nc4ccccc4nc32)C(=O)N(C)C1=O. The van der Waals surface area contributed by atoms with E-state index in [1.54, 1.807) is 24.3 Å². The lowest BCUT2D eigenvalue weighted by Crippen LogP contribution is -2.53. The van der Waals surface area contributed by atoms with E-state index in [9.17, 15) is 29.1 Å². The van der Waals surface area contributed by atoms with Gasteiger partial charge in [-0.05, 0) is 12.1 Å². The summed E-state index contributed by atoms with van der Waals surface area (Å²) < 4.78 is 1.64. The van der Waals surface area contributed by atoms with Gasteiger partial charge in [0.05, 0.1) is 11.0 Å². The second-order valence-corrected chi connectivity index (χ2v) is 8.01. The van der Waals surface area contributed by atoms with Crippen LogP contribution in [-0.2, 0) is 23.7 Å². The first-order chi connectivity index (χ1) is 16.5. The summed E-state index contributed by atoms with van der Waals surface area (Å²) in [4.78, 5) is 78.5. The summed E-state index contributed by atoms with van der Waals surface area (Å²) in [6.45, 7) is 0. The van der Waals surface area contributed by atoms with E-state index in [-0.39, 0.29) is 28.4 Å². The van der Waals surface area contributed by atoms with E-state index in [1.807, 2.05) is 0 Å². The third-order valence-electron chi connectivity index (χ3n) is 5.96. The van der Waals surface area contributed by atoms with Crippen LogP contribution < -0.4 is 11.2 Å². The highest BCUT2D eigenvalue weighted by atomic mass is 16.3. The van der Waals surface area contributed by atoms with Gasteiger partial charge in [0.2, 0.25) is 5.88 Å². The van der Waals surface area contributed by atoms with Crippen LogP contribution in [0.3, 0.4) is 0 Å². The van der Waals surface area contributed by atoms with Crippen molar-refractivity contribution in [1.82, 2.24) is 28.9 Å². The van der Waals surface area contributed by atoms with Crippen molar-refractivity contribution in [3.05, 3.63) is 67.6 Å². The molecule has 2 aliphatic rings. The van der Waals surface area contributed by atoms with E-state index < -0.39 is 40.5 Å². The zero-order valence-corrected chi connectivity index (χ0v) is 18.9. The number of hydrogen-bond donors (Lipinski definition) is 1. The van der Waals surface area contributed by atoms with E-state index in [4.69, 9.17) is 0 Å². The van der Waals surface area contributed by atoms with E-state index in [0.717, 1.165) is 18.9 Å². The quantitative estimate of drug-likeness (QED) is 0.359. The molecule has 1 N–H and O–H groups in total. The standard InChI is InChI=1S/C22H17N7O6/c1-26-17(30)11(18(31)27(2)21(26)34)13-15-16(24-10-8-6-5-7-9(10)23-15)14(25-13)12-19(32)28(3)22(35)29(4)20(12)33/h5-8,30H,1-4H3. The van der Waals surface area contributed by atoms with Crippen LogP contribution in [0.5, 0.6) is 5.88 Å². The van der Waals surface area contributed by atoms with Crippen molar-refractivity contribution in [2.24, 2.45) is 19.1 Å². The largest absolute Gasteiger partial charge is 0.494 e. The average Bonchev–Trinajstić information content (AvgIpc) is 3.20. The summed E-state index contributed by atoms with van der Waals surface area (Å²) in [5, 5.41) is 10.7. The Morgan fingerprint density at radius 3 is 1.89 bits per heavy atom. The van der Waals surface area contributed by atoms with Gasteiger partial charge in [-0.25, -0.2) is 24.5 Å². The molecule has 0 saturated carbocycles. The van der Waals surface area contributed by atoms with Crippen LogP contribution in [0.2, 0.25) is 0 Å². The van der Waals surface area contributed by atoms with Gasteiger partial charge in [-0.1, -0.05) is 12.1 Å². The summed E-state index contributed by atoms with van der Waals surface area (Å²) in [7, 11) is 4.94. The number of urea groups is 1. The molecule has 0 bridgehead atoms. The van der Waals surface area contributed by atoms with Crippen LogP contribution in [-0.4, -0.2) is 71.7 Å². The summed E-state index contributed by atoms with van der Waals surface area (Å²) in [6, 6.07) is 5.96. The van der Waals surface area contributed by atoms with Gasteiger partial charge in [-0.15, -0.1) is 0 Å². The number of rotatable bonds is 1. The molecule has 35 heavy (non-hydrogen) atoms. The number of barbiturate groups is 1. The molecule has 1 fully saturated rings. The minimum Gasteiger partial charge on any atom is -0.494 e. The number of hydrogen-bond acceptors (Lipinski definition) is 9. The van der Waals surface area contributed by atoms with Crippen molar-refractivity contribution in [3.63, 3.8) is 0 Å². The number of benzene rings is 1. The van der Waals surface area contributed by atoms with E-state index in [0.29, 0.717) is 11.0 Å². The van der Waals surface area contributed by atoms with Crippen molar-refractivity contribution in [3.8, 4) is 5.88 Å². The zero-order valence-electron chi connectivity index (χ0n) is 18.9. The highest BCUT2D eigenvalue weighted by Crippen LogP contribution is 2.35. The molecule has 4 heterocycles. The molecule has 13 nitrogen and oxygen atoms in total. The fourth-order valence-electron chi connectivity index (χ4n) is 3.97. The van der Waals surface area contributed by atoms with Crippen molar-refractivity contribution in [2.45, 2.75) is 0 Å². The van der Waals surface area contributed by atoms with Crippen molar-refractivity contribution in [2.75, 3.05) is 14.1 Å². The minimum absolute atomic E-state index is 0.0156. The van der Waals surface area contributed by atoms with Gasteiger partial charge in [0.1, 0.15) is 33.9 Å². The van der Waals surface area contributed by atoms with E-state index >= 15 is 0 Å². The van der Waals surface area contributed by atoms with Gasteiger partial charge in [0.15, 0.2) is 0 Å². The number of para-hydroxylation sites is 2. The molecule has 0 radical (unpaired) electrons. The number of aromatic nitrogens is 4. The highest BCUT2D eigenvalue weighted by Gasteiger charge is 2.43. The second kappa shape index (κ2) is 7.28. The van der Waals surface area contributed by atoms with E-state index in [2.05, 4.69) is 15.0 Å². The molecule has 0 spiro atoms. The van der Waals surface area contributed by atoms with Crippen LogP contribution in [0.15, 0.2) is 44.4 Å². The summed E-state index contributed by atoms with van der Waals surface area (Å²) in [5.74, 6) is -2.48. The zero-order chi connectivity index (χ0) is 25.3. The van der Waals surface area contributed by atoms with Gasteiger partial charge >= 0.3 is 11.7 Å². The minimum atomic E-state index is -0.906. The van der Waals surface area contributed by atoms with Crippen LogP contribution in [0.4, 0.5) is 4.79 Å². The van der Waals surface area contributed by atoms with Gasteiger partial charge in [-0.3, -0.25) is 33.3 Å². The number of fused-ring (bicyclic) bond motifs is 2. The molecular weight excluding hydrogens is 458 g/mol. The molecule has 0 unspecified atom stereocenters. The number of likely N-dealkylation sites (N-methyl/N-ethyl adjacent to an activating group) is 2. The molecular formula is C22H17N7O6. The third-order valence-corrected chi connectivity index (χ3v) is 5.96. The lowest BCUT2D eigenvalue weighted by Gasteiger charge is -2.29. The van der Waals surface area contributed by atoms with Crippen LogP contribution in [0.25, 0.3) is 16.7 Å². The molecule has 2 aliphatic heterocycles. The van der Waals surface area contributed by atoms with Gasteiger partial charge < -0.3 is 5.11 Å². The number of carbonyl (C=O) groups is 3. The Morgan fingerprint density at radius 2 is 1.31 bits per heavy atom. The highest BCUT2D eigenvalue weighted by molar-refractivity contribution is 6.34. The fraction of sp³-hybridized carbons (Fsp3) is 0.182. The Morgan fingerprint density at radius 1 is 0.771 bits per heavy atom. The number of carbonyl (C=O) groups excluding carboxylic acids is 3. The molecule has 176 valence electrons. The second-order valence-electron chi connectivity index (χ2n) is 8.01. The topological polar surface area (TPSA) is 160 Å². The Hall–Kier alpha value is -4.94. The predicted octanol–water partition coefficient (Wildman–Crippen LogP) is -0.655. The monoisotopic (exact) mass is 475 g/mol. The first-order valence-electron chi connectivity index (χ1n) is 10.2. The lowest BCUT2D eigenvalue weighted by molar-refractivity contribution is -0.134. The molecule has 0 aliphatic carbocycles. The molecule has 4 amide bonds. The van der Waals surface area contributed by atoms with Crippen LogP contribution in [0, 0.1) is 0 Å². The van der Waals surface area contributed by atoms with Crippen LogP contribution >= 0.6 is 0 Å². The van der Waals surface area contributed by atoms with Gasteiger partial charge in [-0.2, -0.15) is 0 Å². The van der Waals surface area contributed by atoms with E-state index in [1.165, 1.54) is 28.2 Å². The Kier molecular flexibility index (Phi) is 4.55. The maximum absolute atomic E-state index is 13.0. The number of amides is 4. The first-order valence-corrected chi connectivity index (χ1v) is 10.2. The molecule has 13 heteroatoms. The number of aliphatic imine (C=N–C) groups is 1. The third kappa shape index (κ3) is 2.87. The van der Waals surface area contributed by atoms with Crippen molar-refractivity contribution >= 4 is 40.3 Å². The number of aromatic hydroxyl groups is 1. The summed E-state index contributed by atoms with van der Waals surface area (Å²) in [6.07, 6.45) is 0. The van der Waals surface area contributed by atoms with Crippen molar-refractivity contribution in [1.29, 1.82) is 0 Å². The predicted molar refractivity (Wildman–Crippen MR) is 122 cm³/mol. The van der Waals surface area contributed by atoms with Crippen molar-refractivity contribution < 1.29 is 19.5 Å². The fourth-order valence-corrected chi connectivity index (χ4v) is 3.97. The normalized spacial score (nSPS) is 15.9. The smallest absolute Gasteiger partial charge is 0.333 e. The lowest BCUT2D eigenvalue weighted by atomic mass is 10.0.